The first kappa shape index (κ1) is 12.5. The fourth-order valence-electron chi connectivity index (χ4n) is 0.447. The second-order valence-electron chi connectivity index (χ2n) is 1.82. The number of nitrogens with one attached hydrogen (secondary N) is 1. The van der Waals surface area contributed by atoms with Crippen LogP contribution >= 0.6 is 42.4 Å². The molecule has 9 heteroatoms. The monoisotopic (exact) mass is 255 g/mol. The second kappa shape index (κ2) is 4.13. The van der Waals surface area contributed by atoms with Crippen LogP contribution in [0.3, 0.4) is 0 Å². The highest BCUT2D eigenvalue weighted by Crippen LogP contribution is 2.50. The first-order valence-corrected chi connectivity index (χ1v) is 5.32. The third-order valence-electron chi connectivity index (χ3n) is 0.872. The van der Waals surface area contributed by atoms with Gasteiger partial charge in [0.1, 0.15) is 0 Å². The van der Waals surface area contributed by atoms with Crippen molar-refractivity contribution >= 4 is 48.8 Å². The van der Waals surface area contributed by atoms with Gasteiger partial charge in [-0.2, -0.15) is 0 Å². The van der Waals surface area contributed by atoms with Crippen LogP contribution in [0, 0.1) is 0 Å². The van der Waals surface area contributed by atoms with E-state index in [0.29, 0.717) is 0 Å². The molecule has 0 saturated heterocycles. The summed E-state index contributed by atoms with van der Waals surface area (Å²) in [5.74, 6) is -1.83. The molecule has 0 fully saturated rings. The lowest BCUT2D eigenvalue weighted by atomic mass is 10.7. The molecule has 0 aromatic carbocycles. The minimum atomic E-state index is -4.65. The molecule has 0 aliphatic rings. The summed E-state index contributed by atoms with van der Waals surface area (Å²) < 4.78 is 8.35. The van der Waals surface area contributed by atoms with Gasteiger partial charge in [0.25, 0.3) is 0 Å². The van der Waals surface area contributed by atoms with E-state index in [0.717, 1.165) is 0 Å². The summed E-state index contributed by atoms with van der Waals surface area (Å²) in [5.41, 5.74) is 0. The molecule has 3 N–H and O–H groups in total. The van der Waals surface area contributed by atoms with Gasteiger partial charge in [-0.1, -0.05) is 34.8 Å². The van der Waals surface area contributed by atoms with Crippen LogP contribution < -0.4 is 5.32 Å². The van der Waals surface area contributed by atoms with E-state index >= 15 is 0 Å². The van der Waals surface area contributed by atoms with Crippen LogP contribution in [0.5, 0.6) is 0 Å². The largest absolute Gasteiger partial charge is 0.352 e. The van der Waals surface area contributed by atoms with Gasteiger partial charge in [0.2, 0.25) is 10.2 Å². The van der Waals surface area contributed by atoms with E-state index in [1.807, 2.05) is 0 Å². The maximum Gasteiger partial charge on any atom is 0.352 e. The quantitative estimate of drug-likeness (QED) is 0.392. The van der Waals surface area contributed by atoms with Crippen LogP contribution in [0.1, 0.15) is 0 Å². The van der Waals surface area contributed by atoms with Gasteiger partial charge in [-0.25, -0.2) is 0 Å². The molecular weight excluding hydrogens is 251 g/mol. The Kier molecular flexibility index (Phi) is 4.30. The molecule has 0 unspecified atom stereocenters. The van der Waals surface area contributed by atoms with Crippen molar-refractivity contribution in [1.82, 2.24) is 5.32 Å². The Labute approximate surface area is 83.1 Å². The van der Waals surface area contributed by atoms with E-state index in [9.17, 15) is 9.36 Å². The highest BCUT2D eigenvalue weighted by molar-refractivity contribution is 7.53. The maximum atomic E-state index is 10.6. The Morgan fingerprint density at radius 3 is 1.92 bits per heavy atom. The van der Waals surface area contributed by atoms with Crippen molar-refractivity contribution in [3.63, 3.8) is 0 Å². The van der Waals surface area contributed by atoms with E-state index in [1.165, 1.54) is 0 Å². The van der Waals surface area contributed by atoms with Gasteiger partial charge in [0, 0.05) is 0 Å². The summed E-state index contributed by atoms with van der Waals surface area (Å²) in [4.78, 5) is 27.0. The molecule has 0 spiro atoms. The molecule has 0 aliphatic heterocycles. The van der Waals surface area contributed by atoms with Crippen molar-refractivity contribution in [1.29, 1.82) is 0 Å². The summed E-state index contributed by atoms with van der Waals surface area (Å²) in [7, 11) is -4.65. The summed E-state index contributed by atoms with van der Waals surface area (Å²) in [6.45, 7) is 0. The van der Waals surface area contributed by atoms with Gasteiger partial charge >= 0.3 is 7.60 Å². The van der Waals surface area contributed by atoms with Gasteiger partial charge in [-0.05, 0) is 0 Å². The number of carbonyl (C=O) groups is 1. The van der Waals surface area contributed by atoms with Crippen LogP contribution in [0.15, 0.2) is 0 Å². The number of carbonyl (C=O) groups excluding carboxylic acids is 1. The summed E-state index contributed by atoms with van der Waals surface area (Å²) in [5, 5.41) is 1.72. The summed E-state index contributed by atoms with van der Waals surface area (Å²) in [6.07, 6.45) is 0.0473. The first-order chi connectivity index (χ1) is 5.19. The Hall–Kier alpha value is 0.490. The van der Waals surface area contributed by atoms with E-state index < -0.39 is 17.2 Å². The number of hydrogen-bond donors (Lipinski definition) is 3. The van der Waals surface area contributed by atoms with Crippen molar-refractivity contribution in [2.24, 2.45) is 0 Å². The Morgan fingerprint density at radius 2 is 1.83 bits per heavy atom. The molecule has 0 aromatic heterocycles. The predicted molar refractivity (Wildman–Crippen MR) is 45.3 cm³/mol. The molecular formula is C3H5Cl3NO4P. The molecule has 0 rings (SSSR count). The van der Waals surface area contributed by atoms with Crippen LogP contribution in [-0.4, -0.2) is 25.8 Å². The lowest BCUT2D eigenvalue weighted by Gasteiger charge is -2.23. The number of amides is 1. The molecule has 0 saturated carbocycles. The first-order valence-electron chi connectivity index (χ1n) is 2.51. The molecule has 0 bridgehead atoms. The number of alkyl halides is 3. The smallest absolute Gasteiger partial charge is 0.341 e. The van der Waals surface area contributed by atoms with E-state index in [-0.39, 0.29) is 6.41 Å². The average Bonchev–Trinajstić information content (AvgIpc) is 1.77. The van der Waals surface area contributed by atoms with Crippen molar-refractivity contribution in [2.75, 3.05) is 0 Å². The van der Waals surface area contributed by atoms with Crippen LogP contribution in [0.2, 0.25) is 0 Å². The highest BCUT2D eigenvalue weighted by atomic mass is 35.6. The van der Waals surface area contributed by atoms with Crippen LogP contribution in [-0.2, 0) is 9.36 Å². The Morgan fingerprint density at radius 1 is 1.42 bits per heavy atom. The molecule has 0 radical (unpaired) electrons. The van der Waals surface area contributed by atoms with Crippen molar-refractivity contribution in [3.05, 3.63) is 0 Å². The van der Waals surface area contributed by atoms with Gasteiger partial charge < -0.3 is 15.1 Å². The third kappa shape index (κ3) is 3.94. The fraction of sp³-hybridized carbons (Fsp3) is 0.667. The summed E-state index contributed by atoms with van der Waals surface area (Å²) in [6, 6.07) is 0. The molecule has 12 heavy (non-hydrogen) atoms. The molecule has 1 atom stereocenters. The van der Waals surface area contributed by atoms with Crippen molar-refractivity contribution in [3.8, 4) is 0 Å². The summed E-state index contributed by atoms with van der Waals surface area (Å²) >= 11 is 15.5. The van der Waals surface area contributed by atoms with Crippen LogP contribution in [0.25, 0.3) is 0 Å². The average molecular weight is 256 g/mol. The Balaban J connectivity index is 4.68. The molecule has 1 amide bonds. The molecule has 0 aliphatic carbocycles. The SMILES string of the molecule is O=CN[C@@H](C(Cl)(Cl)Cl)P(=O)(O)O. The van der Waals surface area contributed by atoms with Gasteiger partial charge in [-0.3, -0.25) is 9.36 Å². The van der Waals surface area contributed by atoms with Gasteiger partial charge in [0.05, 0.1) is 0 Å². The van der Waals surface area contributed by atoms with Gasteiger partial charge in [0.15, 0.2) is 5.78 Å². The van der Waals surface area contributed by atoms with Crippen LogP contribution in [0.4, 0.5) is 0 Å². The lowest BCUT2D eigenvalue weighted by Crippen LogP contribution is -2.39. The maximum absolute atomic E-state index is 10.6. The predicted octanol–water partition coefficient (Wildman–Crippen LogP) is 0.606. The zero-order chi connectivity index (χ0) is 9.99. The normalized spacial score (nSPS) is 15.4. The van der Waals surface area contributed by atoms with Crippen molar-refractivity contribution in [2.45, 2.75) is 9.58 Å². The van der Waals surface area contributed by atoms with E-state index in [2.05, 4.69) is 0 Å². The van der Waals surface area contributed by atoms with E-state index in [4.69, 9.17) is 44.6 Å². The van der Waals surface area contributed by atoms with Gasteiger partial charge in [-0.15, -0.1) is 0 Å². The number of halogens is 3. The lowest BCUT2D eigenvalue weighted by molar-refractivity contribution is -0.109. The number of hydrogen-bond acceptors (Lipinski definition) is 2. The van der Waals surface area contributed by atoms with Crippen molar-refractivity contribution < 1.29 is 19.1 Å². The molecule has 72 valence electrons. The topological polar surface area (TPSA) is 86.6 Å². The minimum Gasteiger partial charge on any atom is -0.341 e. The number of rotatable bonds is 3. The minimum absolute atomic E-state index is 0.0473. The molecule has 5 nitrogen and oxygen atoms in total. The standard InChI is InChI=1S/C3H5Cl3NO4P/c4-3(5,6)2(7-1-8)12(9,10)11/h1-2H,(H,7,8)(H2,9,10,11)/t2-/m1/s1. The highest BCUT2D eigenvalue weighted by Gasteiger charge is 2.44. The zero-order valence-electron chi connectivity index (χ0n) is 5.45. The Bertz CT molecular complexity index is 210. The molecule has 0 aromatic rings. The van der Waals surface area contributed by atoms with E-state index in [1.54, 1.807) is 5.32 Å². The second-order valence-corrected chi connectivity index (χ2v) is 5.88. The zero-order valence-corrected chi connectivity index (χ0v) is 8.61. The third-order valence-corrected chi connectivity index (χ3v) is 3.19. The molecule has 0 heterocycles. The fourth-order valence-corrected chi connectivity index (χ4v) is 2.42.